The quantitative estimate of drug-likeness (QED) is 0.690. The van der Waals surface area contributed by atoms with Crippen LogP contribution in [0.15, 0.2) is 10.6 Å². The smallest absolute Gasteiger partial charge is 0.381 e. The summed E-state index contributed by atoms with van der Waals surface area (Å²) in [4.78, 5) is 19.0. The second-order valence-corrected chi connectivity index (χ2v) is 8.58. The molecule has 1 aliphatic heterocycles. The lowest BCUT2D eigenvalue weighted by Crippen LogP contribution is -2.43. The molecule has 1 amide bonds. The number of amides is 1. The number of piperidine rings is 1. The molecule has 31 heavy (non-hydrogen) atoms. The summed E-state index contributed by atoms with van der Waals surface area (Å²) in [5.41, 5.74) is -0.170. The zero-order valence-corrected chi connectivity index (χ0v) is 17.9. The van der Waals surface area contributed by atoms with Gasteiger partial charge < -0.3 is 14.2 Å². The predicted molar refractivity (Wildman–Crippen MR) is 107 cm³/mol. The average molecular weight is 439 g/mol. The SMILES string of the molecule is CCc1cc(C(F)(F)F)c2c(C3CCN(C(=O)C4CCCC(OC)C4)CC3)noc2n1. The summed E-state index contributed by atoms with van der Waals surface area (Å²) in [7, 11) is 1.68. The fraction of sp³-hybridized carbons (Fsp3) is 0.682. The first-order chi connectivity index (χ1) is 14.8. The molecule has 2 aromatic rings. The van der Waals surface area contributed by atoms with Crippen molar-refractivity contribution in [2.75, 3.05) is 20.2 Å². The van der Waals surface area contributed by atoms with Gasteiger partial charge in [-0.2, -0.15) is 13.2 Å². The molecule has 1 saturated carbocycles. The number of carbonyl (C=O) groups is 1. The van der Waals surface area contributed by atoms with Crippen LogP contribution in [0.2, 0.25) is 0 Å². The van der Waals surface area contributed by atoms with E-state index in [2.05, 4.69) is 10.1 Å². The van der Waals surface area contributed by atoms with Gasteiger partial charge in [0.2, 0.25) is 5.91 Å². The lowest BCUT2D eigenvalue weighted by atomic mass is 9.85. The Morgan fingerprint density at radius 2 is 2.00 bits per heavy atom. The van der Waals surface area contributed by atoms with Crippen LogP contribution in [0.3, 0.4) is 0 Å². The number of hydrogen-bond donors (Lipinski definition) is 0. The molecule has 6 nitrogen and oxygen atoms in total. The molecule has 2 fully saturated rings. The van der Waals surface area contributed by atoms with E-state index in [9.17, 15) is 18.0 Å². The van der Waals surface area contributed by atoms with Gasteiger partial charge in [0.1, 0.15) is 0 Å². The van der Waals surface area contributed by atoms with E-state index in [-0.39, 0.29) is 34.9 Å². The number of halogens is 3. The molecular weight excluding hydrogens is 411 g/mol. The molecular formula is C22H28F3N3O3. The minimum atomic E-state index is -4.51. The van der Waals surface area contributed by atoms with Crippen LogP contribution in [0.25, 0.3) is 11.1 Å². The molecule has 0 bridgehead atoms. The summed E-state index contributed by atoms with van der Waals surface area (Å²) < 4.78 is 51.9. The van der Waals surface area contributed by atoms with Crippen molar-refractivity contribution in [3.8, 4) is 0 Å². The number of ether oxygens (including phenoxy) is 1. The van der Waals surface area contributed by atoms with E-state index in [1.54, 1.807) is 14.0 Å². The second-order valence-electron chi connectivity index (χ2n) is 8.58. The molecule has 170 valence electrons. The van der Waals surface area contributed by atoms with Crippen LogP contribution in [0, 0.1) is 5.92 Å². The highest BCUT2D eigenvalue weighted by atomic mass is 19.4. The zero-order valence-electron chi connectivity index (χ0n) is 17.9. The molecule has 3 heterocycles. The molecule has 2 unspecified atom stereocenters. The lowest BCUT2D eigenvalue weighted by Gasteiger charge is -2.36. The van der Waals surface area contributed by atoms with Crippen molar-refractivity contribution in [3.63, 3.8) is 0 Å². The maximum Gasteiger partial charge on any atom is 0.417 e. The number of rotatable bonds is 4. The summed E-state index contributed by atoms with van der Waals surface area (Å²) in [6.45, 7) is 2.77. The van der Waals surface area contributed by atoms with E-state index < -0.39 is 11.7 Å². The van der Waals surface area contributed by atoms with Crippen molar-refractivity contribution < 1.29 is 27.2 Å². The lowest BCUT2D eigenvalue weighted by molar-refractivity contribution is -0.139. The number of likely N-dealkylation sites (tertiary alicyclic amines) is 1. The molecule has 2 aliphatic rings. The number of alkyl halides is 3. The van der Waals surface area contributed by atoms with Crippen molar-refractivity contribution >= 4 is 17.0 Å². The highest BCUT2D eigenvalue weighted by Gasteiger charge is 2.38. The van der Waals surface area contributed by atoms with Crippen LogP contribution in [0.5, 0.6) is 0 Å². The van der Waals surface area contributed by atoms with Crippen LogP contribution < -0.4 is 0 Å². The summed E-state index contributed by atoms with van der Waals surface area (Å²) in [5, 5.41) is 3.95. The van der Waals surface area contributed by atoms with Gasteiger partial charge in [0, 0.05) is 37.7 Å². The second kappa shape index (κ2) is 8.76. The van der Waals surface area contributed by atoms with Gasteiger partial charge in [-0.05, 0) is 44.6 Å². The summed E-state index contributed by atoms with van der Waals surface area (Å²) in [5.74, 6) is -0.0918. The fourth-order valence-corrected chi connectivity index (χ4v) is 4.92. The van der Waals surface area contributed by atoms with Gasteiger partial charge in [-0.15, -0.1) is 0 Å². The summed E-state index contributed by atoms with van der Waals surface area (Å²) in [6.07, 6.45) is 0.669. The monoisotopic (exact) mass is 439 g/mol. The van der Waals surface area contributed by atoms with Gasteiger partial charge in [0.05, 0.1) is 22.7 Å². The Morgan fingerprint density at radius 3 is 2.65 bits per heavy atom. The van der Waals surface area contributed by atoms with E-state index in [1.165, 1.54) is 0 Å². The third-order valence-electron chi connectivity index (χ3n) is 6.70. The van der Waals surface area contributed by atoms with Crippen LogP contribution in [-0.2, 0) is 22.1 Å². The van der Waals surface area contributed by atoms with Gasteiger partial charge >= 0.3 is 6.18 Å². The number of fused-ring (bicyclic) bond motifs is 1. The van der Waals surface area contributed by atoms with Crippen molar-refractivity contribution in [3.05, 3.63) is 23.0 Å². The standard InChI is InChI=1S/C22H28F3N3O3/c1-3-15-12-17(22(23,24)25)18-19(27-31-20(18)26-15)13-7-9-28(10-8-13)21(29)14-5-4-6-16(11-14)30-2/h12-14,16H,3-11H2,1-2H3. The molecule has 0 N–H and O–H groups in total. The van der Waals surface area contributed by atoms with Gasteiger partial charge in [0.25, 0.3) is 5.71 Å². The Hall–Kier alpha value is -2.16. The van der Waals surface area contributed by atoms with E-state index in [4.69, 9.17) is 9.26 Å². The molecule has 0 aromatic carbocycles. The summed E-state index contributed by atoms with van der Waals surface area (Å²) in [6, 6.07) is 1.09. The van der Waals surface area contributed by atoms with Crippen LogP contribution >= 0.6 is 0 Å². The largest absolute Gasteiger partial charge is 0.417 e. The molecule has 1 aliphatic carbocycles. The van der Waals surface area contributed by atoms with Crippen LogP contribution in [-0.4, -0.2) is 47.3 Å². The normalized spacial score (nSPS) is 23.5. The molecule has 9 heteroatoms. The molecule has 1 saturated heterocycles. The van der Waals surface area contributed by atoms with E-state index >= 15 is 0 Å². The Morgan fingerprint density at radius 1 is 1.26 bits per heavy atom. The number of methoxy groups -OCH3 is 1. The highest BCUT2D eigenvalue weighted by Crippen LogP contribution is 2.41. The first kappa shape index (κ1) is 22.0. The minimum absolute atomic E-state index is 0.0309. The number of aromatic nitrogens is 2. The number of aryl methyl sites for hydroxylation is 1. The van der Waals surface area contributed by atoms with Gasteiger partial charge in [-0.1, -0.05) is 18.5 Å². The zero-order chi connectivity index (χ0) is 22.2. The Kier molecular flexibility index (Phi) is 6.23. The Bertz CT molecular complexity index is 935. The highest BCUT2D eigenvalue weighted by molar-refractivity contribution is 5.82. The van der Waals surface area contributed by atoms with Crippen molar-refractivity contribution in [1.82, 2.24) is 15.0 Å². The Labute approximate surface area is 179 Å². The third-order valence-corrected chi connectivity index (χ3v) is 6.70. The maximum atomic E-state index is 13.7. The van der Waals surface area contributed by atoms with Gasteiger partial charge in [-0.3, -0.25) is 4.79 Å². The molecule has 0 spiro atoms. The topological polar surface area (TPSA) is 68.5 Å². The van der Waals surface area contributed by atoms with Gasteiger partial charge in [-0.25, -0.2) is 4.98 Å². The summed E-state index contributed by atoms with van der Waals surface area (Å²) >= 11 is 0. The maximum absolute atomic E-state index is 13.7. The fourth-order valence-electron chi connectivity index (χ4n) is 4.92. The van der Waals surface area contributed by atoms with Crippen LogP contribution in [0.4, 0.5) is 13.2 Å². The van der Waals surface area contributed by atoms with E-state index in [1.807, 2.05) is 4.90 Å². The number of pyridine rings is 1. The minimum Gasteiger partial charge on any atom is -0.381 e. The van der Waals surface area contributed by atoms with Crippen molar-refractivity contribution in [1.29, 1.82) is 0 Å². The van der Waals surface area contributed by atoms with Gasteiger partial charge in [0.15, 0.2) is 0 Å². The molecule has 2 atom stereocenters. The predicted octanol–water partition coefficient (Wildman–Crippen LogP) is 4.72. The number of hydrogen-bond acceptors (Lipinski definition) is 5. The number of nitrogens with zero attached hydrogens (tertiary/aromatic N) is 3. The molecule has 2 aromatic heterocycles. The van der Waals surface area contributed by atoms with E-state index in [0.717, 1.165) is 31.7 Å². The molecule has 0 radical (unpaired) electrons. The van der Waals surface area contributed by atoms with E-state index in [0.29, 0.717) is 43.7 Å². The molecule has 4 rings (SSSR count). The number of carbonyl (C=O) groups excluding carboxylic acids is 1. The van der Waals surface area contributed by atoms with Crippen molar-refractivity contribution in [2.24, 2.45) is 5.92 Å². The average Bonchev–Trinajstić information content (AvgIpc) is 3.21. The first-order valence-corrected chi connectivity index (χ1v) is 11.0. The Balaban J connectivity index is 1.51. The van der Waals surface area contributed by atoms with Crippen LogP contribution in [0.1, 0.15) is 68.3 Å². The van der Waals surface area contributed by atoms with Crippen molar-refractivity contribution in [2.45, 2.75) is 70.1 Å². The first-order valence-electron chi connectivity index (χ1n) is 11.0. The third kappa shape index (κ3) is 4.42.